The third-order valence-corrected chi connectivity index (χ3v) is 5.45. The van der Waals surface area contributed by atoms with E-state index in [-0.39, 0.29) is 24.0 Å². The van der Waals surface area contributed by atoms with Crippen molar-refractivity contribution in [1.29, 1.82) is 0 Å². The molecule has 2 aromatic rings. The van der Waals surface area contributed by atoms with Crippen molar-refractivity contribution in [2.45, 2.75) is 52.9 Å². The van der Waals surface area contributed by atoms with Crippen LogP contribution in [0.25, 0.3) is 0 Å². The lowest BCUT2D eigenvalue weighted by Gasteiger charge is -2.22. The summed E-state index contributed by atoms with van der Waals surface area (Å²) in [6, 6.07) is 11.4. The van der Waals surface area contributed by atoms with Gasteiger partial charge in [0.25, 0.3) is 0 Å². The number of nitrogens with zero attached hydrogens (tertiary/aromatic N) is 4. The maximum absolute atomic E-state index is 4.89. The zero-order valence-corrected chi connectivity index (χ0v) is 20.3. The van der Waals surface area contributed by atoms with Gasteiger partial charge >= 0.3 is 0 Å². The fraction of sp³-hybridized carbons (Fsp3) is 0.545. The maximum Gasteiger partial charge on any atom is 0.191 e. The summed E-state index contributed by atoms with van der Waals surface area (Å²) in [5, 5.41) is 11.4. The molecule has 1 aliphatic rings. The van der Waals surface area contributed by atoms with Gasteiger partial charge in [0.2, 0.25) is 0 Å². The Labute approximate surface area is 192 Å². The zero-order valence-electron chi connectivity index (χ0n) is 18.0. The third-order valence-electron chi connectivity index (χ3n) is 5.45. The molecule has 6 nitrogen and oxygen atoms in total. The lowest BCUT2D eigenvalue weighted by Crippen LogP contribution is -2.46. The standard InChI is InChI=1S/C22H34N6.HI/c1-5-23-22(26-21-16-27(17(2)3)14-18(21)4)24-13-19-9-6-7-10-20(19)15-28-12-8-11-25-28;/h6-12,17-18,21H,5,13-16H2,1-4H3,(H2,23,24,26);1H. The predicted octanol–water partition coefficient (Wildman–Crippen LogP) is 3.33. The molecule has 1 aliphatic heterocycles. The van der Waals surface area contributed by atoms with Gasteiger partial charge in [0.1, 0.15) is 0 Å². The molecule has 2 unspecified atom stereocenters. The molecule has 0 saturated carbocycles. The molecule has 0 spiro atoms. The molecule has 2 N–H and O–H groups in total. The molecule has 160 valence electrons. The number of nitrogens with one attached hydrogen (secondary N) is 2. The summed E-state index contributed by atoms with van der Waals surface area (Å²) in [7, 11) is 0. The molecular weight excluding hydrogens is 475 g/mol. The first-order chi connectivity index (χ1) is 13.6. The first kappa shape index (κ1) is 23.7. The molecule has 1 aromatic carbocycles. The molecule has 0 radical (unpaired) electrons. The number of hydrogen-bond donors (Lipinski definition) is 2. The summed E-state index contributed by atoms with van der Waals surface area (Å²) in [6.07, 6.45) is 3.81. The lowest BCUT2D eigenvalue weighted by atomic mass is 10.1. The highest BCUT2D eigenvalue weighted by Crippen LogP contribution is 2.18. The van der Waals surface area contributed by atoms with Crippen LogP contribution in [0.15, 0.2) is 47.7 Å². The van der Waals surface area contributed by atoms with E-state index in [0.717, 1.165) is 32.1 Å². The number of halogens is 1. The van der Waals surface area contributed by atoms with Gasteiger partial charge in [-0.25, -0.2) is 4.99 Å². The van der Waals surface area contributed by atoms with E-state index in [9.17, 15) is 0 Å². The fourth-order valence-corrected chi connectivity index (χ4v) is 3.71. The van der Waals surface area contributed by atoms with Crippen molar-refractivity contribution in [3.8, 4) is 0 Å². The SMILES string of the molecule is CCNC(=NCc1ccccc1Cn1cccn1)NC1CN(C(C)C)CC1C.I. The number of rotatable bonds is 7. The summed E-state index contributed by atoms with van der Waals surface area (Å²) in [6.45, 7) is 13.5. The molecular formula is C22H35IN6. The van der Waals surface area contributed by atoms with Crippen LogP contribution in [-0.2, 0) is 13.1 Å². The number of guanidine groups is 1. The van der Waals surface area contributed by atoms with Crippen LogP contribution in [0, 0.1) is 5.92 Å². The molecule has 0 aliphatic carbocycles. The summed E-state index contributed by atoms with van der Waals surface area (Å²) in [4.78, 5) is 7.42. The van der Waals surface area contributed by atoms with E-state index in [4.69, 9.17) is 4.99 Å². The average molecular weight is 510 g/mol. The minimum Gasteiger partial charge on any atom is -0.357 e. The topological polar surface area (TPSA) is 57.5 Å². The van der Waals surface area contributed by atoms with E-state index in [1.54, 1.807) is 0 Å². The summed E-state index contributed by atoms with van der Waals surface area (Å²) in [5.41, 5.74) is 2.49. The van der Waals surface area contributed by atoms with Gasteiger partial charge in [0, 0.05) is 44.1 Å². The zero-order chi connectivity index (χ0) is 19.9. The van der Waals surface area contributed by atoms with E-state index in [0.29, 0.717) is 24.5 Å². The van der Waals surface area contributed by atoms with Gasteiger partial charge in [-0.3, -0.25) is 9.58 Å². The molecule has 1 aromatic heterocycles. The second-order valence-corrected chi connectivity index (χ2v) is 7.94. The third kappa shape index (κ3) is 6.70. The van der Waals surface area contributed by atoms with Crippen molar-refractivity contribution in [3.63, 3.8) is 0 Å². The second-order valence-electron chi connectivity index (χ2n) is 7.94. The van der Waals surface area contributed by atoms with Crippen molar-refractivity contribution in [2.24, 2.45) is 10.9 Å². The Morgan fingerprint density at radius 2 is 1.97 bits per heavy atom. The first-order valence-corrected chi connectivity index (χ1v) is 10.4. The molecule has 0 bridgehead atoms. The highest BCUT2D eigenvalue weighted by Gasteiger charge is 2.31. The molecule has 29 heavy (non-hydrogen) atoms. The molecule has 1 fully saturated rings. The van der Waals surface area contributed by atoms with E-state index < -0.39 is 0 Å². The summed E-state index contributed by atoms with van der Waals surface area (Å²) < 4.78 is 1.95. The Morgan fingerprint density at radius 1 is 1.21 bits per heavy atom. The van der Waals surface area contributed by atoms with Crippen LogP contribution >= 0.6 is 24.0 Å². The van der Waals surface area contributed by atoms with Crippen LogP contribution in [0.4, 0.5) is 0 Å². The van der Waals surface area contributed by atoms with Gasteiger partial charge < -0.3 is 10.6 Å². The van der Waals surface area contributed by atoms with Crippen molar-refractivity contribution < 1.29 is 0 Å². The van der Waals surface area contributed by atoms with E-state index in [2.05, 4.69) is 72.6 Å². The molecule has 2 heterocycles. The summed E-state index contributed by atoms with van der Waals surface area (Å²) in [5.74, 6) is 1.51. The van der Waals surface area contributed by atoms with Crippen LogP contribution in [0.1, 0.15) is 38.8 Å². The molecule has 1 saturated heterocycles. The van der Waals surface area contributed by atoms with Gasteiger partial charge in [0.05, 0.1) is 13.1 Å². The van der Waals surface area contributed by atoms with Crippen LogP contribution in [0.2, 0.25) is 0 Å². The van der Waals surface area contributed by atoms with Gasteiger partial charge in [-0.05, 0) is 43.9 Å². The quantitative estimate of drug-likeness (QED) is 0.341. The van der Waals surface area contributed by atoms with Crippen LogP contribution in [0.5, 0.6) is 0 Å². The molecule has 7 heteroatoms. The van der Waals surface area contributed by atoms with Crippen LogP contribution in [0.3, 0.4) is 0 Å². The minimum atomic E-state index is 0. The number of hydrogen-bond acceptors (Lipinski definition) is 3. The monoisotopic (exact) mass is 510 g/mol. The number of aromatic nitrogens is 2. The molecule has 3 rings (SSSR count). The highest BCUT2D eigenvalue weighted by atomic mass is 127. The Bertz CT molecular complexity index is 758. The predicted molar refractivity (Wildman–Crippen MR) is 131 cm³/mol. The molecule has 2 atom stereocenters. The Hall–Kier alpha value is -1.61. The van der Waals surface area contributed by atoms with Crippen molar-refractivity contribution in [3.05, 3.63) is 53.9 Å². The fourth-order valence-electron chi connectivity index (χ4n) is 3.71. The van der Waals surface area contributed by atoms with Gasteiger partial charge in [-0.2, -0.15) is 5.10 Å². The summed E-state index contributed by atoms with van der Waals surface area (Å²) >= 11 is 0. The van der Waals surface area contributed by atoms with Crippen molar-refractivity contribution in [2.75, 3.05) is 19.6 Å². The van der Waals surface area contributed by atoms with Crippen LogP contribution < -0.4 is 10.6 Å². The number of likely N-dealkylation sites (tertiary alicyclic amines) is 1. The van der Waals surface area contributed by atoms with E-state index >= 15 is 0 Å². The van der Waals surface area contributed by atoms with Gasteiger partial charge in [-0.15, -0.1) is 24.0 Å². The first-order valence-electron chi connectivity index (χ1n) is 10.4. The van der Waals surface area contributed by atoms with E-state index in [1.165, 1.54) is 11.1 Å². The Kier molecular flexibility index (Phi) is 9.42. The highest BCUT2D eigenvalue weighted by molar-refractivity contribution is 14.0. The van der Waals surface area contributed by atoms with Crippen LogP contribution in [-0.4, -0.2) is 52.4 Å². The van der Waals surface area contributed by atoms with Crippen molar-refractivity contribution >= 4 is 29.9 Å². The lowest BCUT2D eigenvalue weighted by molar-refractivity contribution is 0.265. The Balaban J connectivity index is 0.00000300. The van der Waals surface area contributed by atoms with Crippen molar-refractivity contribution in [1.82, 2.24) is 25.3 Å². The smallest absolute Gasteiger partial charge is 0.191 e. The number of benzene rings is 1. The van der Waals surface area contributed by atoms with E-state index in [1.807, 2.05) is 23.1 Å². The second kappa shape index (κ2) is 11.5. The maximum atomic E-state index is 4.89. The number of aliphatic imine (C=N–C) groups is 1. The largest absolute Gasteiger partial charge is 0.357 e. The Morgan fingerprint density at radius 3 is 2.59 bits per heavy atom. The van der Waals surface area contributed by atoms with Gasteiger partial charge in [0.15, 0.2) is 5.96 Å². The molecule has 0 amide bonds. The minimum absolute atomic E-state index is 0. The van der Waals surface area contributed by atoms with Gasteiger partial charge in [-0.1, -0.05) is 31.2 Å². The normalized spacial score (nSPS) is 20.0. The average Bonchev–Trinajstić information content (AvgIpc) is 3.31.